The highest BCUT2D eigenvalue weighted by Gasteiger charge is 2.27. The molecule has 2 rings (SSSR count). The molecule has 0 saturated heterocycles. The van der Waals surface area contributed by atoms with Crippen molar-refractivity contribution in [1.82, 2.24) is 10.3 Å². The van der Waals surface area contributed by atoms with Crippen LogP contribution in [-0.2, 0) is 0 Å². The SMILES string of the molecule is O=C(NC1CCCC1CBr)c1cncs1. The summed E-state index contributed by atoms with van der Waals surface area (Å²) in [5.41, 5.74) is 1.69. The fourth-order valence-corrected chi connectivity index (χ4v) is 3.28. The van der Waals surface area contributed by atoms with E-state index < -0.39 is 0 Å². The Morgan fingerprint density at radius 1 is 1.67 bits per heavy atom. The number of hydrogen-bond donors (Lipinski definition) is 1. The zero-order valence-corrected chi connectivity index (χ0v) is 10.7. The maximum absolute atomic E-state index is 11.8. The van der Waals surface area contributed by atoms with Crippen molar-refractivity contribution in [3.8, 4) is 0 Å². The fourth-order valence-electron chi connectivity index (χ4n) is 1.98. The number of halogens is 1. The molecule has 15 heavy (non-hydrogen) atoms. The first kappa shape index (κ1) is 11.1. The molecular weight excluding hydrogens is 276 g/mol. The largest absolute Gasteiger partial charge is 0.348 e. The van der Waals surface area contributed by atoms with E-state index in [1.807, 2.05) is 0 Å². The van der Waals surface area contributed by atoms with Gasteiger partial charge in [-0.05, 0) is 18.8 Å². The van der Waals surface area contributed by atoms with Crippen LogP contribution in [-0.4, -0.2) is 22.3 Å². The molecule has 3 nitrogen and oxygen atoms in total. The van der Waals surface area contributed by atoms with E-state index in [9.17, 15) is 4.79 Å². The van der Waals surface area contributed by atoms with Gasteiger partial charge in [0.05, 0.1) is 11.7 Å². The second-order valence-electron chi connectivity index (χ2n) is 3.79. The summed E-state index contributed by atoms with van der Waals surface area (Å²) >= 11 is 4.88. The number of hydrogen-bond acceptors (Lipinski definition) is 3. The Morgan fingerprint density at radius 2 is 2.53 bits per heavy atom. The Hall–Kier alpha value is -0.420. The molecule has 0 spiro atoms. The van der Waals surface area contributed by atoms with Crippen molar-refractivity contribution in [3.05, 3.63) is 16.6 Å². The van der Waals surface area contributed by atoms with E-state index in [0.29, 0.717) is 16.8 Å². The van der Waals surface area contributed by atoms with Gasteiger partial charge in [-0.15, -0.1) is 11.3 Å². The van der Waals surface area contributed by atoms with Crippen LogP contribution in [0.2, 0.25) is 0 Å². The van der Waals surface area contributed by atoms with Crippen LogP contribution in [0, 0.1) is 5.92 Å². The molecule has 1 heterocycles. The molecule has 1 saturated carbocycles. The normalized spacial score (nSPS) is 25.4. The number of rotatable bonds is 3. The van der Waals surface area contributed by atoms with E-state index >= 15 is 0 Å². The monoisotopic (exact) mass is 288 g/mol. The van der Waals surface area contributed by atoms with Gasteiger partial charge in [-0.1, -0.05) is 22.4 Å². The molecule has 82 valence electrons. The molecule has 2 unspecified atom stereocenters. The summed E-state index contributed by atoms with van der Waals surface area (Å²) in [4.78, 5) is 16.4. The van der Waals surface area contributed by atoms with E-state index in [-0.39, 0.29) is 5.91 Å². The first-order chi connectivity index (χ1) is 7.31. The molecule has 0 aliphatic heterocycles. The minimum Gasteiger partial charge on any atom is -0.348 e. The summed E-state index contributed by atoms with van der Waals surface area (Å²) in [6.07, 6.45) is 5.14. The van der Waals surface area contributed by atoms with Gasteiger partial charge in [-0.25, -0.2) is 0 Å². The second kappa shape index (κ2) is 5.07. The predicted molar refractivity (Wildman–Crippen MR) is 64.5 cm³/mol. The third-order valence-corrected chi connectivity index (χ3v) is 4.43. The van der Waals surface area contributed by atoms with E-state index in [4.69, 9.17) is 0 Å². The Morgan fingerprint density at radius 3 is 3.20 bits per heavy atom. The van der Waals surface area contributed by atoms with Crippen molar-refractivity contribution in [2.75, 3.05) is 5.33 Å². The van der Waals surface area contributed by atoms with Gasteiger partial charge in [0.15, 0.2) is 0 Å². The molecule has 1 aromatic rings. The van der Waals surface area contributed by atoms with Crippen LogP contribution in [0.1, 0.15) is 28.9 Å². The summed E-state index contributed by atoms with van der Waals surface area (Å²) < 4.78 is 0. The fraction of sp³-hybridized carbons (Fsp3) is 0.600. The van der Waals surface area contributed by atoms with Crippen LogP contribution in [0.3, 0.4) is 0 Å². The lowest BCUT2D eigenvalue weighted by Gasteiger charge is -2.18. The lowest BCUT2D eigenvalue weighted by molar-refractivity contribution is 0.0934. The molecule has 1 aliphatic rings. The van der Waals surface area contributed by atoms with Crippen LogP contribution in [0.5, 0.6) is 0 Å². The average molecular weight is 289 g/mol. The zero-order valence-electron chi connectivity index (χ0n) is 8.28. The number of amides is 1. The van der Waals surface area contributed by atoms with Crippen molar-refractivity contribution in [3.63, 3.8) is 0 Å². The summed E-state index contributed by atoms with van der Waals surface area (Å²) in [6.45, 7) is 0. The van der Waals surface area contributed by atoms with Gasteiger partial charge in [0.2, 0.25) is 0 Å². The molecule has 2 atom stereocenters. The highest BCUT2D eigenvalue weighted by molar-refractivity contribution is 9.09. The van der Waals surface area contributed by atoms with Crippen LogP contribution in [0.15, 0.2) is 11.7 Å². The molecule has 5 heteroatoms. The molecule has 0 radical (unpaired) electrons. The van der Waals surface area contributed by atoms with E-state index in [1.54, 1.807) is 11.7 Å². The lowest BCUT2D eigenvalue weighted by atomic mass is 10.1. The molecule has 0 aromatic carbocycles. The van der Waals surface area contributed by atoms with Gasteiger partial charge < -0.3 is 5.32 Å². The van der Waals surface area contributed by atoms with Gasteiger partial charge in [0, 0.05) is 11.4 Å². The topological polar surface area (TPSA) is 42.0 Å². The zero-order chi connectivity index (χ0) is 10.7. The second-order valence-corrected chi connectivity index (χ2v) is 5.32. The first-order valence-electron chi connectivity index (χ1n) is 5.06. The van der Waals surface area contributed by atoms with Crippen molar-refractivity contribution >= 4 is 33.2 Å². The Balaban J connectivity index is 1.94. The molecule has 1 amide bonds. The Bertz CT molecular complexity index is 328. The molecule has 1 aromatic heterocycles. The maximum Gasteiger partial charge on any atom is 0.263 e. The first-order valence-corrected chi connectivity index (χ1v) is 7.06. The average Bonchev–Trinajstić information content (AvgIpc) is 2.87. The van der Waals surface area contributed by atoms with E-state index in [2.05, 4.69) is 26.2 Å². The lowest BCUT2D eigenvalue weighted by Crippen LogP contribution is -2.37. The van der Waals surface area contributed by atoms with Crippen LogP contribution in [0.4, 0.5) is 0 Å². The number of nitrogens with zero attached hydrogens (tertiary/aromatic N) is 1. The van der Waals surface area contributed by atoms with Crippen LogP contribution < -0.4 is 5.32 Å². The highest BCUT2D eigenvalue weighted by Crippen LogP contribution is 2.27. The number of carbonyl (C=O) groups excluding carboxylic acids is 1. The van der Waals surface area contributed by atoms with Crippen molar-refractivity contribution in [1.29, 1.82) is 0 Å². The highest BCUT2D eigenvalue weighted by atomic mass is 79.9. The number of carbonyl (C=O) groups is 1. The molecular formula is C10H13BrN2OS. The standard InChI is InChI=1S/C10H13BrN2OS/c11-4-7-2-1-3-8(7)13-10(14)9-5-12-6-15-9/h5-8H,1-4H2,(H,13,14). The van der Waals surface area contributed by atoms with Crippen LogP contribution in [0.25, 0.3) is 0 Å². The summed E-state index contributed by atoms with van der Waals surface area (Å²) in [5, 5.41) is 4.06. The van der Waals surface area contributed by atoms with Gasteiger partial charge in [-0.2, -0.15) is 0 Å². The Labute approximate surface area is 101 Å². The number of nitrogens with one attached hydrogen (secondary N) is 1. The van der Waals surface area contributed by atoms with Gasteiger partial charge in [0.25, 0.3) is 5.91 Å². The molecule has 1 N–H and O–H groups in total. The third kappa shape index (κ3) is 2.58. The minimum absolute atomic E-state index is 0.0235. The van der Waals surface area contributed by atoms with E-state index in [1.165, 1.54) is 24.2 Å². The van der Waals surface area contributed by atoms with Crippen molar-refractivity contribution in [2.45, 2.75) is 25.3 Å². The van der Waals surface area contributed by atoms with Crippen molar-refractivity contribution < 1.29 is 4.79 Å². The molecule has 0 bridgehead atoms. The number of thiazole rings is 1. The van der Waals surface area contributed by atoms with Gasteiger partial charge >= 0.3 is 0 Å². The third-order valence-electron chi connectivity index (χ3n) is 2.83. The summed E-state index contributed by atoms with van der Waals surface area (Å²) in [6, 6.07) is 0.332. The van der Waals surface area contributed by atoms with Crippen molar-refractivity contribution in [2.24, 2.45) is 5.92 Å². The summed E-state index contributed by atoms with van der Waals surface area (Å²) in [7, 11) is 0. The molecule has 1 aliphatic carbocycles. The smallest absolute Gasteiger partial charge is 0.263 e. The van der Waals surface area contributed by atoms with Gasteiger partial charge in [-0.3, -0.25) is 9.78 Å². The number of aromatic nitrogens is 1. The predicted octanol–water partition coefficient (Wildman–Crippen LogP) is 2.44. The minimum atomic E-state index is 0.0235. The summed E-state index contributed by atoms with van der Waals surface area (Å²) in [5.74, 6) is 0.609. The van der Waals surface area contributed by atoms with E-state index in [0.717, 1.165) is 11.8 Å². The maximum atomic E-state index is 11.8. The van der Waals surface area contributed by atoms with Gasteiger partial charge in [0.1, 0.15) is 4.88 Å². The molecule has 1 fully saturated rings. The van der Waals surface area contributed by atoms with Crippen LogP contribution >= 0.6 is 27.3 Å². The number of alkyl halides is 1. The Kier molecular flexibility index (Phi) is 3.75. The quantitative estimate of drug-likeness (QED) is 0.868.